The highest BCUT2D eigenvalue weighted by molar-refractivity contribution is 7.14. The summed E-state index contributed by atoms with van der Waals surface area (Å²) in [5.74, 6) is -0.335. The van der Waals surface area contributed by atoms with Gasteiger partial charge in [0.1, 0.15) is 6.04 Å². The van der Waals surface area contributed by atoms with E-state index < -0.39 is 12.2 Å². The number of hydrogen-bond donors (Lipinski definition) is 1. The van der Waals surface area contributed by atoms with Gasteiger partial charge in [0.25, 0.3) is 0 Å². The first-order valence-corrected chi connectivity index (χ1v) is 6.00. The summed E-state index contributed by atoms with van der Waals surface area (Å²) in [6.07, 6.45) is -4.26. The zero-order valence-corrected chi connectivity index (χ0v) is 9.64. The molecular weight excluding hydrogens is 253 g/mol. The second kappa shape index (κ2) is 4.56. The summed E-state index contributed by atoms with van der Waals surface area (Å²) >= 11 is 1.25. The Morgan fingerprint density at radius 1 is 1.47 bits per heavy atom. The topological polar surface area (TPSA) is 32.3 Å². The lowest BCUT2D eigenvalue weighted by Crippen LogP contribution is -2.49. The fourth-order valence-corrected chi connectivity index (χ4v) is 2.58. The lowest BCUT2D eigenvalue weighted by molar-refractivity contribution is -0.147. The molecule has 1 atom stereocenters. The third-order valence-corrected chi connectivity index (χ3v) is 3.52. The summed E-state index contributed by atoms with van der Waals surface area (Å²) in [6, 6.07) is 1.69. The van der Waals surface area contributed by atoms with Gasteiger partial charge in [0, 0.05) is 19.5 Å². The Labute approximate surface area is 100 Å². The van der Waals surface area contributed by atoms with Gasteiger partial charge in [0.15, 0.2) is 0 Å². The molecule has 3 nitrogen and oxygen atoms in total. The summed E-state index contributed by atoms with van der Waals surface area (Å²) < 4.78 is 38.7. The van der Waals surface area contributed by atoms with Crippen LogP contribution in [0.5, 0.6) is 0 Å². The van der Waals surface area contributed by atoms with Gasteiger partial charge in [-0.2, -0.15) is 13.2 Å². The molecule has 1 fully saturated rings. The molecule has 7 heteroatoms. The number of alkyl halides is 3. The summed E-state index contributed by atoms with van der Waals surface area (Å²) in [4.78, 5) is 12.4. The minimum atomic E-state index is -4.35. The molecule has 1 aromatic rings. The summed E-state index contributed by atoms with van der Waals surface area (Å²) in [5, 5.41) is 4.57. The van der Waals surface area contributed by atoms with Crippen LogP contribution < -0.4 is 10.2 Å². The lowest BCUT2D eigenvalue weighted by atomic mass is 10.2. The molecule has 1 aliphatic rings. The van der Waals surface area contributed by atoms with Gasteiger partial charge in [-0.05, 0) is 17.5 Å². The van der Waals surface area contributed by atoms with Crippen molar-refractivity contribution in [3.8, 4) is 0 Å². The van der Waals surface area contributed by atoms with Gasteiger partial charge in [-0.3, -0.25) is 4.79 Å². The second-order valence-electron chi connectivity index (χ2n) is 3.76. The van der Waals surface area contributed by atoms with E-state index in [1.165, 1.54) is 16.2 Å². The van der Waals surface area contributed by atoms with Crippen molar-refractivity contribution in [2.45, 2.75) is 18.6 Å². The van der Waals surface area contributed by atoms with Crippen LogP contribution in [0.15, 0.2) is 17.5 Å². The molecule has 17 heavy (non-hydrogen) atoms. The van der Waals surface area contributed by atoms with Crippen molar-refractivity contribution in [1.29, 1.82) is 0 Å². The highest BCUT2D eigenvalue weighted by atomic mass is 32.1. The number of hydrogen-bond acceptors (Lipinski definition) is 3. The van der Waals surface area contributed by atoms with Gasteiger partial charge in [0.2, 0.25) is 5.91 Å². The number of rotatable bonds is 1. The Morgan fingerprint density at radius 2 is 2.24 bits per heavy atom. The van der Waals surface area contributed by atoms with Crippen LogP contribution >= 0.6 is 11.3 Å². The Kier molecular flexibility index (Phi) is 3.28. The van der Waals surface area contributed by atoms with Gasteiger partial charge < -0.3 is 10.2 Å². The first-order valence-electron chi connectivity index (χ1n) is 5.12. The van der Waals surface area contributed by atoms with Crippen molar-refractivity contribution in [2.24, 2.45) is 0 Å². The molecule has 0 bridgehead atoms. The molecule has 1 amide bonds. The molecule has 0 spiro atoms. The van der Waals surface area contributed by atoms with Crippen LogP contribution in [0.1, 0.15) is 6.42 Å². The quantitative estimate of drug-likeness (QED) is 0.841. The molecule has 2 rings (SSSR count). The Hall–Kier alpha value is -1.24. The van der Waals surface area contributed by atoms with E-state index in [1.807, 2.05) is 0 Å². The van der Waals surface area contributed by atoms with E-state index in [9.17, 15) is 18.0 Å². The molecule has 0 aromatic carbocycles. The molecule has 1 saturated heterocycles. The van der Waals surface area contributed by atoms with Crippen LogP contribution in [0.25, 0.3) is 0 Å². The predicted molar refractivity (Wildman–Crippen MR) is 59.1 cm³/mol. The molecule has 0 radical (unpaired) electrons. The maximum absolute atomic E-state index is 12.9. The Bertz CT molecular complexity index is 391. The first-order chi connectivity index (χ1) is 7.98. The normalized spacial score (nSPS) is 22.2. The molecule has 2 heterocycles. The van der Waals surface area contributed by atoms with E-state index in [2.05, 4.69) is 5.32 Å². The van der Waals surface area contributed by atoms with Gasteiger partial charge in [-0.15, -0.1) is 11.3 Å². The standard InChI is InChI=1S/C10H11F3N2OS/c11-10(12,13)7-6-14-8(16)3-4-15(7)9-2-1-5-17-9/h1-2,5,7H,3-4,6H2,(H,14,16). The van der Waals surface area contributed by atoms with Crippen molar-refractivity contribution in [1.82, 2.24) is 5.32 Å². The highest BCUT2D eigenvalue weighted by Gasteiger charge is 2.45. The van der Waals surface area contributed by atoms with E-state index >= 15 is 0 Å². The van der Waals surface area contributed by atoms with Gasteiger partial charge >= 0.3 is 6.18 Å². The number of anilines is 1. The van der Waals surface area contributed by atoms with Crippen molar-refractivity contribution >= 4 is 22.2 Å². The minimum Gasteiger partial charge on any atom is -0.354 e. The van der Waals surface area contributed by atoms with Crippen LogP contribution in [-0.4, -0.2) is 31.2 Å². The van der Waals surface area contributed by atoms with Gasteiger partial charge in [0.05, 0.1) is 5.00 Å². The third kappa shape index (κ3) is 2.71. The number of nitrogens with zero attached hydrogens (tertiary/aromatic N) is 1. The summed E-state index contributed by atoms with van der Waals surface area (Å²) in [5.41, 5.74) is 0. The summed E-state index contributed by atoms with van der Waals surface area (Å²) in [6.45, 7) is -0.295. The van der Waals surface area contributed by atoms with Crippen molar-refractivity contribution in [3.05, 3.63) is 17.5 Å². The van der Waals surface area contributed by atoms with Crippen LogP contribution in [0, 0.1) is 0 Å². The zero-order chi connectivity index (χ0) is 12.5. The van der Waals surface area contributed by atoms with Crippen molar-refractivity contribution in [3.63, 3.8) is 0 Å². The Morgan fingerprint density at radius 3 is 2.82 bits per heavy atom. The van der Waals surface area contributed by atoms with Crippen LogP contribution in [0.4, 0.5) is 18.2 Å². The number of halogens is 3. The maximum atomic E-state index is 12.9. The third-order valence-electron chi connectivity index (χ3n) is 2.62. The molecule has 1 aromatic heterocycles. The molecule has 94 valence electrons. The monoisotopic (exact) mass is 264 g/mol. The largest absolute Gasteiger partial charge is 0.410 e. The molecule has 1 N–H and O–H groups in total. The summed E-state index contributed by atoms with van der Waals surface area (Å²) in [7, 11) is 0. The SMILES string of the molecule is O=C1CCN(c2cccs2)C(C(F)(F)F)CN1. The highest BCUT2D eigenvalue weighted by Crippen LogP contribution is 2.32. The average molecular weight is 264 g/mol. The number of carbonyl (C=O) groups is 1. The van der Waals surface area contributed by atoms with Crippen LogP contribution in [-0.2, 0) is 4.79 Å². The predicted octanol–water partition coefficient (Wildman–Crippen LogP) is 2.01. The molecule has 0 saturated carbocycles. The maximum Gasteiger partial charge on any atom is 0.410 e. The number of nitrogens with one attached hydrogen (secondary N) is 1. The first kappa shape index (κ1) is 12.2. The number of thiophene rings is 1. The van der Waals surface area contributed by atoms with E-state index in [0.717, 1.165) is 0 Å². The molecule has 1 aliphatic heterocycles. The molecular formula is C10H11F3N2OS. The molecule has 1 unspecified atom stereocenters. The van der Waals surface area contributed by atoms with E-state index in [0.29, 0.717) is 5.00 Å². The van der Waals surface area contributed by atoms with E-state index in [1.54, 1.807) is 17.5 Å². The fourth-order valence-electron chi connectivity index (χ4n) is 1.78. The van der Waals surface area contributed by atoms with Crippen molar-refractivity contribution in [2.75, 3.05) is 18.0 Å². The average Bonchev–Trinajstić information content (AvgIpc) is 2.67. The second-order valence-corrected chi connectivity index (χ2v) is 4.68. The van der Waals surface area contributed by atoms with Gasteiger partial charge in [-0.1, -0.05) is 0 Å². The lowest BCUT2D eigenvalue weighted by Gasteiger charge is -2.31. The number of amides is 1. The van der Waals surface area contributed by atoms with Gasteiger partial charge in [-0.25, -0.2) is 0 Å². The smallest absolute Gasteiger partial charge is 0.354 e. The fraction of sp³-hybridized carbons (Fsp3) is 0.500. The zero-order valence-electron chi connectivity index (χ0n) is 8.83. The van der Waals surface area contributed by atoms with Crippen LogP contribution in [0.2, 0.25) is 0 Å². The Balaban J connectivity index is 2.27. The number of carbonyl (C=O) groups excluding carboxylic acids is 1. The minimum absolute atomic E-state index is 0.0878. The van der Waals surface area contributed by atoms with E-state index in [-0.39, 0.29) is 25.4 Å². The molecule has 0 aliphatic carbocycles. The van der Waals surface area contributed by atoms with Crippen molar-refractivity contribution < 1.29 is 18.0 Å². The van der Waals surface area contributed by atoms with E-state index in [4.69, 9.17) is 0 Å². The van der Waals surface area contributed by atoms with Crippen LogP contribution in [0.3, 0.4) is 0 Å².